The van der Waals surface area contributed by atoms with Gasteiger partial charge in [0.05, 0.1) is 0 Å². The summed E-state index contributed by atoms with van der Waals surface area (Å²) in [4.78, 5) is 37.1. The number of halogens is 1. The number of hydrogen-bond acceptors (Lipinski definition) is 3. The molecule has 106 valence electrons. The van der Waals surface area contributed by atoms with Crippen molar-refractivity contribution in [2.75, 3.05) is 6.54 Å². The second kappa shape index (κ2) is 5.76. The predicted molar refractivity (Wildman–Crippen MR) is 76.9 cm³/mol. The summed E-state index contributed by atoms with van der Waals surface area (Å²) in [7, 11) is 0. The Kier molecular flexibility index (Phi) is 4.47. The normalized spacial score (nSPS) is 28.4. The summed E-state index contributed by atoms with van der Waals surface area (Å²) in [5, 5.41) is 9.27. The summed E-state index contributed by atoms with van der Waals surface area (Å²) in [5.41, 5.74) is 0. The number of hydrogen-bond donors (Lipinski definition) is 1. The van der Waals surface area contributed by atoms with E-state index in [1.807, 2.05) is 0 Å². The summed E-state index contributed by atoms with van der Waals surface area (Å²) >= 11 is 1.79. The zero-order valence-corrected chi connectivity index (χ0v) is 12.9. The SMILES string of the molecule is O=C(C(=O)N1CCC[C@]1(I)C(=O)O)C1CCCCC1. The first-order valence-electron chi connectivity index (χ1n) is 6.75. The van der Waals surface area contributed by atoms with Crippen LogP contribution in [0.15, 0.2) is 0 Å². The molecular formula is C13H18INO4. The fraction of sp³-hybridized carbons (Fsp3) is 0.769. The fourth-order valence-electron chi connectivity index (χ4n) is 2.94. The molecule has 1 aliphatic heterocycles. The summed E-state index contributed by atoms with van der Waals surface area (Å²) in [6.45, 7) is 0.368. The Morgan fingerprint density at radius 1 is 1.11 bits per heavy atom. The Labute approximate surface area is 125 Å². The number of carboxylic acid groups (broad SMARTS) is 1. The topological polar surface area (TPSA) is 74.7 Å². The van der Waals surface area contributed by atoms with Crippen molar-refractivity contribution in [3.63, 3.8) is 0 Å². The fourth-order valence-corrected chi connectivity index (χ4v) is 3.78. The highest BCUT2D eigenvalue weighted by atomic mass is 127. The highest BCUT2D eigenvalue weighted by molar-refractivity contribution is 14.1. The number of aliphatic carboxylic acids is 1. The minimum absolute atomic E-state index is 0.198. The molecule has 0 aromatic rings. The number of amides is 1. The molecule has 5 nitrogen and oxygen atoms in total. The van der Waals surface area contributed by atoms with Gasteiger partial charge in [-0.05, 0) is 48.3 Å². The summed E-state index contributed by atoms with van der Waals surface area (Å²) < 4.78 is -1.24. The molecule has 0 aromatic carbocycles. The van der Waals surface area contributed by atoms with Gasteiger partial charge in [0.25, 0.3) is 5.91 Å². The van der Waals surface area contributed by atoms with Crippen molar-refractivity contribution in [3.8, 4) is 0 Å². The minimum atomic E-state index is -1.24. The zero-order chi connectivity index (χ0) is 14.0. The Morgan fingerprint density at radius 2 is 1.74 bits per heavy atom. The molecule has 0 unspecified atom stereocenters. The van der Waals surface area contributed by atoms with Crippen molar-refractivity contribution in [2.24, 2.45) is 5.92 Å². The molecule has 0 spiro atoms. The number of ketones is 1. The molecule has 1 amide bonds. The summed E-state index contributed by atoms with van der Waals surface area (Å²) in [5.74, 6) is -2.21. The van der Waals surface area contributed by atoms with Crippen molar-refractivity contribution < 1.29 is 19.5 Å². The van der Waals surface area contributed by atoms with Crippen LogP contribution in [0.25, 0.3) is 0 Å². The number of carbonyl (C=O) groups excluding carboxylic acids is 2. The van der Waals surface area contributed by atoms with Crippen molar-refractivity contribution in [3.05, 3.63) is 0 Å². The van der Waals surface area contributed by atoms with Crippen molar-refractivity contribution in [2.45, 2.75) is 48.5 Å². The van der Waals surface area contributed by atoms with Crippen LogP contribution in [0.2, 0.25) is 0 Å². The van der Waals surface area contributed by atoms with Crippen LogP contribution in [0, 0.1) is 5.92 Å². The number of alkyl halides is 1. The van der Waals surface area contributed by atoms with E-state index in [1.54, 1.807) is 22.6 Å². The molecule has 1 N–H and O–H groups in total. The van der Waals surface area contributed by atoms with E-state index in [9.17, 15) is 19.5 Å². The average Bonchev–Trinajstić information content (AvgIpc) is 2.81. The molecule has 6 heteroatoms. The number of Topliss-reactive ketones (excluding diaryl/α,β-unsaturated/α-hetero) is 1. The van der Waals surface area contributed by atoms with Crippen LogP contribution in [0.5, 0.6) is 0 Å². The third kappa shape index (κ3) is 2.78. The predicted octanol–water partition coefficient (Wildman–Crippen LogP) is 1.97. The molecule has 19 heavy (non-hydrogen) atoms. The third-order valence-corrected chi connectivity index (χ3v) is 5.66. The minimum Gasteiger partial charge on any atom is -0.479 e. The van der Waals surface area contributed by atoms with Gasteiger partial charge in [0, 0.05) is 12.5 Å². The molecular weight excluding hydrogens is 361 g/mol. The van der Waals surface area contributed by atoms with Crippen LogP contribution in [0.4, 0.5) is 0 Å². The van der Waals surface area contributed by atoms with Gasteiger partial charge < -0.3 is 10.0 Å². The van der Waals surface area contributed by atoms with E-state index in [2.05, 4.69) is 0 Å². The Bertz CT molecular complexity index is 405. The molecule has 2 rings (SSSR count). The van der Waals surface area contributed by atoms with E-state index in [0.29, 0.717) is 19.4 Å². The van der Waals surface area contributed by atoms with Crippen LogP contribution in [-0.2, 0) is 14.4 Å². The standard InChI is InChI=1S/C13H18INO4/c14-13(12(18)19)7-4-8-15(13)11(17)10(16)9-5-2-1-3-6-9/h9H,1-8H2,(H,18,19)/t13-/m1/s1. The molecule has 0 bridgehead atoms. The van der Waals surface area contributed by atoms with Crippen LogP contribution >= 0.6 is 22.6 Å². The van der Waals surface area contributed by atoms with Crippen LogP contribution in [0.1, 0.15) is 44.9 Å². The summed E-state index contributed by atoms with van der Waals surface area (Å²) in [6, 6.07) is 0. The zero-order valence-electron chi connectivity index (χ0n) is 10.7. The van der Waals surface area contributed by atoms with E-state index in [4.69, 9.17) is 0 Å². The van der Waals surface area contributed by atoms with Crippen molar-refractivity contribution in [1.82, 2.24) is 4.90 Å². The van der Waals surface area contributed by atoms with E-state index in [-0.39, 0.29) is 11.7 Å². The van der Waals surface area contributed by atoms with Crippen LogP contribution < -0.4 is 0 Å². The second-order valence-corrected chi connectivity index (χ2v) is 7.11. The first-order valence-corrected chi connectivity index (χ1v) is 7.83. The molecule has 2 fully saturated rings. The average molecular weight is 379 g/mol. The maximum Gasteiger partial charge on any atom is 0.340 e. The quantitative estimate of drug-likeness (QED) is 0.352. The molecule has 1 heterocycles. The Balaban J connectivity index is 2.10. The maximum atomic E-state index is 12.3. The third-order valence-electron chi connectivity index (χ3n) is 4.08. The molecule has 1 saturated carbocycles. The van der Waals surface area contributed by atoms with E-state index >= 15 is 0 Å². The van der Waals surface area contributed by atoms with E-state index in [0.717, 1.165) is 32.1 Å². The lowest BCUT2D eigenvalue weighted by Gasteiger charge is -2.30. The first kappa shape index (κ1) is 14.7. The largest absolute Gasteiger partial charge is 0.479 e. The van der Waals surface area contributed by atoms with E-state index in [1.165, 1.54) is 4.90 Å². The van der Waals surface area contributed by atoms with Gasteiger partial charge in [0.15, 0.2) is 3.55 Å². The highest BCUT2D eigenvalue weighted by Crippen LogP contribution is 2.37. The van der Waals surface area contributed by atoms with Gasteiger partial charge >= 0.3 is 5.97 Å². The van der Waals surface area contributed by atoms with Gasteiger partial charge in [0.2, 0.25) is 5.78 Å². The molecule has 0 radical (unpaired) electrons. The molecule has 1 atom stereocenters. The molecule has 0 aromatic heterocycles. The number of carboxylic acids is 1. The lowest BCUT2D eigenvalue weighted by Crippen LogP contribution is -2.51. The lowest BCUT2D eigenvalue weighted by atomic mass is 9.86. The highest BCUT2D eigenvalue weighted by Gasteiger charge is 2.50. The Hall–Kier alpha value is -0.660. The van der Waals surface area contributed by atoms with E-state index < -0.39 is 15.4 Å². The molecule has 1 aliphatic carbocycles. The van der Waals surface area contributed by atoms with Crippen LogP contribution in [0.3, 0.4) is 0 Å². The monoisotopic (exact) mass is 379 g/mol. The van der Waals surface area contributed by atoms with Gasteiger partial charge in [-0.1, -0.05) is 19.3 Å². The maximum absolute atomic E-state index is 12.3. The van der Waals surface area contributed by atoms with Gasteiger partial charge in [-0.2, -0.15) is 0 Å². The molecule has 2 aliphatic rings. The number of nitrogens with zero attached hydrogens (tertiary/aromatic N) is 1. The van der Waals surface area contributed by atoms with Crippen molar-refractivity contribution >= 4 is 40.3 Å². The molecule has 1 saturated heterocycles. The number of carbonyl (C=O) groups is 3. The van der Waals surface area contributed by atoms with Crippen LogP contribution in [-0.4, -0.2) is 37.8 Å². The number of rotatable bonds is 3. The van der Waals surface area contributed by atoms with Gasteiger partial charge in [0.1, 0.15) is 0 Å². The number of likely N-dealkylation sites (tertiary alicyclic amines) is 1. The van der Waals surface area contributed by atoms with Gasteiger partial charge in [-0.3, -0.25) is 9.59 Å². The smallest absolute Gasteiger partial charge is 0.340 e. The van der Waals surface area contributed by atoms with Gasteiger partial charge in [-0.15, -0.1) is 0 Å². The first-order chi connectivity index (χ1) is 8.97. The second-order valence-electron chi connectivity index (χ2n) is 5.32. The lowest BCUT2D eigenvalue weighted by molar-refractivity contribution is -0.154. The van der Waals surface area contributed by atoms with Crippen molar-refractivity contribution in [1.29, 1.82) is 0 Å². The Morgan fingerprint density at radius 3 is 2.32 bits per heavy atom. The van der Waals surface area contributed by atoms with Gasteiger partial charge in [-0.25, -0.2) is 4.79 Å². The summed E-state index contributed by atoms with van der Waals surface area (Å²) in [6.07, 6.45) is 5.66.